The monoisotopic (exact) mass is 194 g/mol. The van der Waals surface area contributed by atoms with Gasteiger partial charge in [0.05, 0.1) is 5.54 Å². The van der Waals surface area contributed by atoms with E-state index in [4.69, 9.17) is 0 Å². The van der Waals surface area contributed by atoms with Crippen LogP contribution in [0.15, 0.2) is 12.2 Å². The summed E-state index contributed by atoms with van der Waals surface area (Å²) in [5, 5.41) is 3.05. The van der Waals surface area contributed by atoms with Gasteiger partial charge in [-0.3, -0.25) is 4.79 Å². The minimum absolute atomic E-state index is 0.0114. The van der Waals surface area contributed by atoms with Crippen LogP contribution < -0.4 is 5.32 Å². The number of nitrogens with one attached hydrogen (secondary N) is 1. The summed E-state index contributed by atoms with van der Waals surface area (Å²) in [4.78, 5) is 13.6. The molecule has 3 nitrogen and oxygen atoms in total. The van der Waals surface area contributed by atoms with Gasteiger partial charge in [0.2, 0.25) is 5.91 Å². The Morgan fingerprint density at radius 3 is 2.50 bits per heavy atom. The molecular formula is C11H18N2O. The van der Waals surface area contributed by atoms with E-state index in [1.807, 2.05) is 6.08 Å². The highest BCUT2D eigenvalue weighted by atomic mass is 16.1. The molecule has 1 fully saturated rings. The number of carbonyl (C=O) groups is 1. The summed E-state index contributed by atoms with van der Waals surface area (Å²) in [5.41, 5.74) is -0.0114. The Hall–Kier alpha value is -0.830. The van der Waals surface area contributed by atoms with Gasteiger partial charge in [-0.1, -0.05) is 6.08 Å². The van der Waals surface area contributed by atoms with Crippen LogP contribution >= 0.6 is 0 Å². The normalized spacial score (nSPS) is 26.1. The number of hydrogen-bond acceptors (Lipinski definition) is 2. The number of piperidine rings is 1. The number of likely N-dealkylation sites (tertiary alicyclic amines) is 1. The Morgan fingerprint density at radius 2 is 2.07 bits per heavy atom. The van der Waals surface area contributed by atoms with Crippen molar-refractivity contribution in [2.75, 3.05) is 13.1 Å². The molecule has 2 heterocycles. The quantitative estimate of drug-likeness (QED) is 0.673. The number of hydrogen-bond donors (Lipinski definition) is 1. The van der Waals surface area contributed by atoms with Gasteiger partial charge in [-0.25, -0.2) is 0 Å². The van der Waals surface area contributed by atoms with E-state index in [1.165, 1.54) is 0 Å². The zero-order valence-electron chi connectivity index (χ0n) is 8.92. The number of carbonyl (C=O) groups excluding carboxylic acids is 1. The van der Waals surface area contributed by atoms with Crippen molar-refractivity contribution in [1.29, 1.82) is 0 Å². The molecule has 2 rings (SSSR count). The van der Waals surface area contributed by atoms with Crippen LogP contribution in [-0.4, -0.2) is 35.5 Å². The van der Waals surface area contributed by atoms with Crippen molar-refractivity contribution < 1.29 is 4.79 Å². The Morgan fingerprint density at radius 1 is 1.43 bits per heavy atom. The molecule has 0 bridgehead atoms. The summed E-state index contributed by atoms with van der Waals surface area (Å²) in [6, 6.07) is 0.619. The molecule has 0 saturated carbocycles. The fourth-order valence-electron chi connectivity index (χ4n) is 2.29. The predicted molar refractivity (Wildman–Crippen MR) is 56.0 cm³/mol. The summed E-state index contributed by atoms with van der Waals surface area (Å²) in [7, 11) is 0. The van der Waals surface area contributed by atoms with Crippen LogP contribution in [0.4, 0.5) is 0 Å². The van der Waals surface area contributed by atoms with Crippen molar-refractivity contribution in [2.45, 2.75) is 38.3 Å². The van der Waals surface area contributed by atoms with Gasteiger partial charge < -0.3 is 10.2 Å². The van der Waals surface area contributed by atoms with Crippen molar-refractivity contribution in [3.8, 4) is 0 Å². The SMILES string of the molecule is CC(C)N1CCC2(C=CC(=O)N2)CC1. The van der Waals surface area contributed by atoms with E-state index in [1.54, 1.807) is 6.08 Å². The van der Waals surface area contributed by atoms with Crippen LogP contribution in [0.3, 0.4) is 0 Å². The molecule has 14 heavy (non-hydrogen) atoms. The third-order valence-corrected chi connectivity index (χ3v) is 3.35. The van der Waals surface area contributed by atoms with Crippen molar-refractivity contribution in [2.24, 2.45) is 0 Å². The molecule has 0 aromatic rings. The molecule has 0 unspecified atom stereocenters. The maximum absolute atomic E-state index is 11.1. The molecule has 0 aromatic carbocycles. The number of rotatable bonds is 1. The van der Waals surface area contributed by atoms with E-state index in [0.717, 1.165) is 25.9 Å². The van der Waals surface area contributed by atoms with Crippen molar-refractivity contribution in [1.82, 2.24) is 10.2 Å². The molecule has 2 aliphatic rings. The van der Waals surface area contributed by atoms with E-state index in [0.29, 0.717) is 6.04 Å². The zero-order chi connectivity index (χ0) is 10.2. The van der Waals surface area contributed by atoms with Crippen LogP contribution in [0.25, 0.3) is 0 Å². The topological polar surface area (TPSA) is 32.3 Å². The van der Waals surface area contributed by atoms with E-state index in [2.05, 4.69) is 24.1 Å². The van der Waals surface area contributed by atoms with E-state index in [-0.39, 0.29) is 11.4 Å². The summed E-state index contributed by atoms with van der Waals surface area (Å²) in [5.74, 6) is 0.0722. The van der Waals surface area contributed by atoms with Gasteiger partial charge in [0, 0.05) is 25.2 Å². The fraction of sp³-hybridized carbons (Fsp3) is 0.727. The lowest BCUT2D eigenvalue weighted by atomic mass is 9.88. The van der Waals surface area contributed by atoms with Gasteiger partial charge in [0.25, 0.3) is 0 Å². The molecule has 3 heteroatoms. The first kappa shape index (κ1) is 9.71. The van der Waals surface area contributed by atoms with Gasteiger partial charge in [-0.2, -0.15) is 0 Å². The lowest BCUT2D eigenvalue weighted by molar-refractivity contribution is -0.117. The van der Waals surface area contributed by atoms with Crippen molar-refractivity contribution >= 4 is 5.91 Å². The lowest BCUT2D eigenvalue weighted by Crippen LogP contribution is -2.52. The third-order valence-electron chi connectivity index (χ3n) is 3.35. The minimum Gasteiger partial charge on any atom is -0.344 e. The molecule has 2 aliphatic heterocycles. The number of amides is 1. The number of nitrogens with zero attached hydrogens (tertiary/aromatic N) is 1. The van der Waals surface area contributed by atoms with Gasteiger partial charge in [0.1, 0.15) is 0 Å². The molecule has 0 aliphatic carbocycles. The average Bonchev–Trinajstić information content (AvgIpc) is 2.48. The van der Waals surface area contributed by atoms with Gasteiger partial charge in [-0.15, -0.1) is 0 Å². The molecule has 1 N–H and O–H groups in total. The highest BCUT2D eigenvalue weighted by Crippen LogP contribution is 2.27. The predicted octanol–water partition coefficient (Wildman–Crippen LogP) is 0.915. The van der Waals surface area contributed by atoms with Gasteiger partial charge >= 0.3 is 0 Å². The fourth-order valence-corrected chi connectivity index (χ4v) is 2.29. The maximum Gasteiger partial charge on any atom is 0.244 e. The molecule has 1 amide bonds. The van der Waals surface area contributed by atoms with E-state index in [9.17, 15) is 4.79 Å². The van der Waals surface area contributed by atoms with Crippen LogP contribution in [-0.2, 0) is 4.79 Å². The van der Waals surface area contributed by atoms with Crippen LogP contribution in [0.2, 0.25) is 0 Å². The highest BCUT2D eigenvalue weighted by molar-refractivity contribution is 5.91. The molecule has 78 valence electrons. The maximum atomic E-state index is 11.1. The standard InChI is InChI=1S/C11H18N2O/c1-9(2)13-7-5-11(6-8-13)4-3-10(14)12-11/h3-4,9H,5-8H2,1-2H3,(H,12,14). The summed E-state index contributed by atoms with van der Waals surface area (Å²) < 4.78 is 0. The first-order valence-electron chi connectivity index (χ1n) is 5.37. The molecule has 1 spiro atoms. The molecular weight excluding hydrogens is 176 g/mol. The zero-order valence-corrected chi connectivity index (χ0v) is 8.92. The second kappa shape index (κ2) is 3.39. The Labute approximate surface area is 85.2 Å². The van der Waals surface area contributed by atoms with Crippen LogP contribution in [0.1, 0.15) is 26.7 Å². The molecule has 0 radical (unpaired) electrons. The van der Waals surface area contributed by atoms with Crippen molar-refractivity contribution in [3.63, 3.8) is 0 Å². The summed E-state index contributed by atoms with van der Waals surface area (Å²) in [6.07, 6.45) is 5.82. The second-order valence-corrected chi connectivity index (χ2v) is 4.61. The largest absolute Gasteiger partial charge is 0.344 e. The smallest absolute Gasteiger partial charge is 0.244 e. The van der Waals surface area contributed by atoms with E-state index < -0.39 is 0 Å². The highest BCUT2D eigenvalue weighted by Gasteiger charge is 2.36. The summed E-state index contributed by atoms with van der Waals surface area (Å²) in [6.45, 7) is 6.62. The first-order chi connectivity index (χ1) is 6.61. The molecule has 1 saturated heterocycles. The van der Waals surface area contributed by atoms with Crippen LogP contribution in [0, 0.1) is 0 Å². The van der Waals surface area contributed by atoms with Crippen molar-refractivity contribution in [3.05, 3.63) is 12.2 Å². The van der Waals surface area contributed by atoms with E-state index >= 15 is 0 Å². The first-order valence-corrected chi connectivity index (χ1v) is 5.37. The minimum atomic E-state index is -0.0114. The Bertz CT molecular complexity index is 262. The Kier molecular flexibility index (Phi) is 2.35. The van der Waals surface area contributed by atoms with Crippen LogP contribution in [0.5, 0.6) is 0 Å². The third kappa shape index (κ3) is 1.69. The average molecular weight is 194 g/mol. The molecule has 0 atom stereocenters. The summed E-state index contributed by atoms with van der Waals surface area (Å²) >= 11 is 0. The van der Waals surface area contributed by atoms with Gasteiger partial charge in [-0.05, 0) is 26.7 Å². The van der Waals surface area contributed by atoms with Gasteiger partial charge in [0.15, 0.2) is 0 Å². The lowest BCUT2D eigenvalue weighted by Gasteiger charge is -2.40. The Balaban J connectivity index is 1.96. The molecule has 0 aromatic heterocycles. The second-order valence-electron chi connectivity index (χ2n) is 4.61.